The zero-order valence-electron chi connectivity index (χ0n) is 13.7. The van der Waals surface area contributed by atoms with Crippen LogP contribution >= 0.6 is 22.9 Å². The first-order chi connectivity index (χ1) is 12.5. The normalized spacial score (nSPS) is 14.3. The van der Waals surface area contributed by atoms with Crippen molar-refractivity contribution < 1.29 is 9.18 Å². The molecule has 0 unspecified atom stereocenters. The zero-order chi connectivity index (χ0) is 18.3. The average molecular weight is 393 g/mol. The second-order valence-electron chi connectivity index (χ2n) is 5.95. The largest absolute Gasteiger partial charge is 0.301 e. The van der Waals surface area contributed by atoms with Gasteiger partial charge in [0.05, 0.1) is 16.9 Å². The van der Waals surface area contributed by atoms with E-state index < -0.39 is 11.7 Å². The number of nitrogens with one attached hydrogen (secondary N) is 1. The third-order valence-electron chi connectivity index (χ3n) is 4.05. The lowest BCUT2D eigenvalue weighted by atomic mass is 10.2. The van der Waals surface area contributed by atoms with Gasteiger partial charge in [0.2, 0.25) is 0 Å². The van der Waals surface area contributed by atoms with Crippen LogP contribution < -0.4 is 5.32 Å². The van der Waals surface area contributed by atoms with E-state index in [1.165, 1.54) is 34.3 Å². The minimum atomic E-state index is -0.622. The number of benzene rings is 1. The van der Waals surface area contributed by atoms with Gasteiger partial charge < -0.3 is 4.90 Å². The third kappa shape index (κ3) is 3.20. The van der Waals surface area contributed by atoms with Gasteiger partial charge in [0.1, 0.15) is 5.69 Å². The van der Waals surface area contributed by atoms with E-state index in [1.54, 1.807) is 6.07 Å². The number of carbonyl (C=O) groups is 1. The van der Waals surface area contributed by atoms with Gasteiger partial charge in [-0.1, -0.05) is 22.9 Å². The van der Waals surface area contributed by atoms with Crippen molar-refractivity contribution in [1.29, 1.82) is 0 Å². The lowest BCUT2D eigenvalue weighted by Crippen LogP contribution is -2.25. The summed E-state index contributed by atoms with van der Waals surface area (Å²) >= 11 is 7.23. The van der Waals surface area contributed by atoms with Crippen LogP contribution in [0.15, 0.2) is 24.4 Å². The molecule has 4 rings (SSSR count). The molecule has 134 valence electrons. The Bertz CT molecular complexity index is 987. The van der Waals surface area contributed by atoms with E-state index in [2.05, 4.69) is 25.5 Å². The lowest BCUT2D eigenvalue weighted by Gasteiger charge is -2.20. The Hall–Kier alpha value is -2.36. The van der Waals surface area contributed by atoms with E-state index >= 15 is 0 Å². The molecule has 3 heterocycles. The summed E-state index contributed by atoms with van der Waals surface area (Å²) < 4.78 is 15.3. The Balaban J connectivity index is 1.53. The maximum absolute atomic E-state index is 14.1. The minimum absolute atomic E-state index is 0.0256. The zero-order valence-corrected chi connectivity index (χ0v) is 15.3. The van der Waals surface area contributed by atoms with Gasteiger partial charge in [0.25, 0.3) is 5.91 Å². The first-order valence-corrected chi connectivity index (χ1v) is 9.06. The fourth-order valence-electron chi connectivity index (χ4n) is 2.69. The van der Waals surface area contributed by atoms with Crippen LogP contribution in [0, 0.1) is 5.82 Å². The van der Waals surface area contributed by atoms with Crippen LogP contribution in [0.25, 0.3) is 5.69 Å². The molecule has 1 aliphatic heterocycles. The molecule has 1 N–H and O–H groups in total. The highest BCUT2D eigenvalue weighted by atomic mass is 35.5. The Morgan fingerprint density at radius 2 is 2.27 bits per heavy atom. The molecule has 1 aliphatic rings. The Kier molecular flexibility index (Phi) is 4.43. The van der Waals surface area contributed by atoms with Crippen molar-refractivity contribution in [2.75, 3.05) is 18.9 Å². The second-order valence-corrected chi connectivity index (χ2v) is 7.44. The summed E-state index contributed by atoms with van der Waals surface area (Å²) in [7, 11) is 2.05. The highest BCUT2D eigenvalue weighted by molar-refractivity contribution is 7.15. The number of thiazole rings is 1. The van der Waals surface area contributed by atoms with Gasteiger partial charge in [0, 0.05) is 24.4 Å². The van der Waals surface area contributed by atoms with Crippen LogP contribution in [0.3, 0.4) is 0 Å². The van der Waals surface area contributed by atoms with E-state index in [-0.39, 0.29) is 16.4 Å². The molecule has 0 fully saturated rings. The molecule has 0 atom stereocenters. The molecule has 0 radical (unpaired) electrons. The van der Waals surface area contributed by atoms with Crippen molar-refractivity contribution in [3.63, 3.8) is 0 Å². The fourth-order valence-corrected chi connectivity index (χ4v) is 3.95. The topological polar surface area (TPSA) is 75.9 Å². The van der Waals surface area contributed by atoms with Gasteiger partial charge in [-0.25, -0.2) is 14.1 Å². The lowest BCUT2D eigenvalue weighted by molar-refractivity contribution is 0.102. The molecule has 1 aromatic carbocycles. The van der Waals surface area contributed by atoms with Gasteiger partial charge in [-0.15, -0.1) is 16.4 Å². The fraction of sp³-hybridized carbons (Fsp3) is 0.250. The number of nitrogens with zero attached hydrogens (tertiary/aromatic N) is 5. The van der Waals surface area contributed by atoms with E-state index in [0.717, 1.165) is 30.1 Å². The highest BCUT2D eigenvalue weighted by Gasteiger charge is 2.21. The number of carbonyl (C=O) groups excluding carboxylic acids is 1. The SMILES string of the molecule is CN1CCc2nc(NC(=O)c3cn(-c4cccc(Cl)c4F)nn3)sc2C1. The molecular formula is C16H14ClFN6OS. The first kappa shape index (κ1) is 17.1. The molecule has 7 nitrogen and oxygen atoms in total. The number of anilines is 1. The molecular weight excluding hydrogens is 379 g/mol. The summed E-state index contributed by atoms with van der Waals surface area (Å²) in [5, 5.41) is 10.9. The van der Waals surface area contributed by atoms with Gasteiger partial charge >= 0.3 is 0 Å². The van der Waals surface area contributed by atoms with E-state index in [4.69, 9.17) is 11.6 Å². The van der Waals surface area contributed by atoms with Gasteiger partial charge in [0.15, 0.2) is 16.6 Å². The molecule has 10 heteroatoms. The molecule has 0 aliphatic carbocycles. The molecule has 26 heavy (non-hydrogen) atoms. The number of hydrogen-bond donors (Lipinski definition) is 1. The highest BCUT2D eigenvalue weighted by Crippen LogP contribution is 2.28. The number of rotatable bonds is 3. The van der Waals surface area contributed by atoms with Crippen LogP contribution in [-0.4, -0.2) is 44.4 Å². The number of hydrogen-bond acceptors (Lipinski definition) is 6. The second kappa shape index (κ2) is 6.75. The predicted molar refractivity (Wildman–Crippen MR) is 96.4 cm³/mol. The molecule has 0 saturated carbocycles. The van der Waals surface area contributed by atoms with Crippen LogP contribution in [0.5, 0.6) is 0 Å². The maximum Gasteiger partial charge on any atom is 0.279 e. The predicted octanol–water partition coefficient (Wildman–Crippen LogP) is 2.76. The first-order valence-electron chi connectivity index (χ1n) is 7.86. The maximum atomic E-state index is 14.1. The van der Waals surface area contributed by atoms with Crippen molar-refractivity contribution in [2.45, 2.75) is 13.0 Å². The summed E-state index contributed by atoms with van der Waals surface area (Å²) in [6, 6.07) is 4.54. The summed E-state index contributed by atoms with van der Waals surface area (Å²) in [4.78, 5) is 20.2. The van der Waals surface area contributed by atoms with E-state index in [1.807, 2.05) is 7.05 Å². The summed E-state index contributed by atoms with van der Waals surface area (Å²) in [5.41, 5.74) is 1.21. The number of likely N-dealkylation sites (N-methyl/N-ethyl adjacent to an activating group) is 1. The Morgan fingerprint density at radius 1 is 1.42 bits per heavy atom. The number of aromatic nitrogens is 4. The summed E-state index contributed by atoms with van der Waals surface area (Å²) in [5.74, 6) is -1.07. The van der Waals surface area contributed by atoms with Gasteiger partial charge in [-0.2, -0.15) is 0 Å². The minimum Gasteiger partial charge on any atom is -0.301 e. The van der Waals surface area contributed by atoms with Crippen LogP contribution in [0.1, 0.15) is 21.1 Å². The van der Waals surface area contributed by atoms with Crippen molar-refractivity contribution in [3.05, 3.63) is 51.5 Å². The van der Waals surface area contributed by atoms with Crippen LogP contribution in [-0.2, 0) is 13.0 Å². The standard InChI is InChI=1S/C16H14ClFN6OS/c1-23-6-5-10-13(8-23)26-16(19-10)20-15(25)11-7-24(22-21-11)12-4-2-3-9(17)14(12)18/h2-4,7H,5-6,8H2,1H3,(H,19,20,25). The smallest absolute Gasteiger partial charge is 0.279 e. The summed E-state index contributed by atoms with van der Waals surface area (Å²) in [6.45, 7) is 1.77. The van der Waals surface area contributed by atoms with E-state index in [0.29, 0.717) is 5.13 Å². The Labute approximate surface area is 157 Å². The average Bonchev–Trinajstić information content (AvgIpc) is 3.23. The van der Waals surface area contributed by atoms with Crippen molar-refractivity contribution in [2.24, 2.45) is 0 Å². The van der Waals surface area contributed by atoms with Crippen LogP contribution in [0.4, 0.5) is 9.52 Å². The summed E-state index contributed by atoms with van der Waals surface area (Å²) in [6.07, 6.45) is 2.22. The number of amides is 1. The third-order valence-corrected chi connectivity index (χ3v) is 5.34. The molecule has 0 bridgehead atoms. The molecule has 2 aromatic heterocycles. The number of fused-ring (bicyclic) bond motifs is 1. The van der Waals surface area contributed by atoms with Gasteiger partial charge in [-0.3, -0.25) is 10.1 Å². The van der Waals surface area contributed by atoms with Crippen LogP contribution in [0.2, 0.25) is 5.02 Å². The monoisotopic (exact) mass is 392 g/mol. The van der Waals surface area contributed by atoms with Gasteiger partial charge in [-0.05, 0) is 19.2 Å². The van der Waals surface area contributed by atoms with Crippen molar-refractivity contribution in [3.8, 4) is 5.69 Å². The molecule has 3 aromatic rings. The number of halogens is 2. The van der Waals surface area contributed by atoms with E-state index in [9.17, 15) is 9.18 Å². The molecule has 1 amide bonds. The quantitative estimate of drug-likeness (QED) is 0.741. The molecule has 0 spiro atoms. The van der Waals surface area contributed by atoms with Crippen molar-refractivity contribution >= 4 is 34.0 Å². The Morgan fingerprint density at radius 3 is 3.12 bits per heavy atom. The van der Waals surface area contributed by atoms with Crippen molar-refractivity contribution in [1.82, 2.24) is 24.9 Å². The molecule has 0 saturated heterocycles.